The van der Waals surface area contributed by atoms with E-state index in [4.69, 9.17) is 11.6 Å². The summed E-state index contributed by atoms with van der Waals surface area (Å²) in [6.45, 7) is 0.602. The average molecular weight is 329 g/mol. The number of benzene rings is 2. The first kappa shape index (κ1) is 15.9. The maximum atomic E-state index is 12.5. The molecule has 1 N–H and O–H groups in total. The summed E-state index contributed by atoms with van der Waals surface area (Å²) >= 11 is 5.96. The fourth-order valence-electron chi connectivity index (χ4n) is 2.75. The number of urea groups is 1. The lowest BCUT2D eigenvalue weighted by atomic mass is 10.0. The highest BCUT2D eigenvalue weighted by Gasteiger charge is 2.33. The van der Waals surface area contributed by atoms with Crippen LogP contribution in [-0.2, 0) is 6.54 Å². The van der Waals surface area contributed by atoms with E-state index >= 15 is 0 Å². The monoisotopic (exact) mass is 328 g/mol. The van der Waals surface area contributed by atoms with Crippen molar-refractivity contribution in [1.82, 2.24) is 10.2 Å². The minimum atomic E-state index is -0.0410. The normalized spacial score (nSPS) is 15.0. The van der Waals surface area contributed by atoms with E-state index in [0.29, 0.717) is 12.5 Å². The first-order valence-electron chi connectivity index (χ1n) is 7.94. The Morgan fingerprint density at radius 2 is 1.83 bits per heavy atom. The molecule has 120 valence electrons. The van der Waals surface area contributed by atoms with Crippen LogP contribution in [-0.4, -0.2) is 18.0 Å². The lowest BCUT2D eigenvalue weighted by Crippen LogP contribution is -2.39. The Kier molecular flexibility index (Phi) is 4.87. The van der Waals surface area contributed by atoms with Gasteiger partial charge in [0.05, 0.1) is 6.04 Å². The second-order valence-electron chi connectivity index (χ2n) is 6.16. The fourth-order valence-corrected chi connectivity index (χ4v) is 2.87. The van der Waals surface area contributed by atoms with E-state index in [0.717, 1.165) is 29.0 Å². The third-order valence-electron chi connectivity index (χ3n) is 4.21. The van der Waals surface area contributed by atoms with Crippen molar-refractivity contribution in [3.05, 3.63) is 70.7 Å². The van der Waals surface area contributed by atoms with Crippen molar-refractivity contribution in [3.8, 4) is 0 Å². The number of hydrogen-bond donors (Lipinski definition) is 1. The molecule has 0 spiro atoms. The zero-order valence-corrected chi connectivity index (χ0v) is 14.0. The molecule has 1 saturated carbocycles. The van der Waals surface area contributed by atoms with Crippen LogP contribution in [0, 0.1) is 5.92 Å². The van der Waals surface area contributed by atoms with Gasteiger partial charge in [0.15, 0.2) is 0 Å². The van der Waals surface area contributed by atoms with Gasteiger partial charge in [0.1, 0.15) is 0 Å². The molecule has 0 saturated heterocycles. The van der Waals surface area contributed by atoms with Crippen molar-refractivity contribution in [2.24, 2.45) is 5.92 Å². The van der Waals surface area contributed by atoms with Crippen LogP contribution in [0.15, 0.2) is 54.6 Å². The maximum absolute atomic E-state index is 12.5. The molecule has 4 heteroatoms. The standard InChI is InChI=1S/C19H21ClN2O/c1-22(13-14-5-3-2-4-6-14)19(23)21-18(15-7-8-15)16-9-11-17(20)12-10-16/h2-6,9-12,15,18H,7-8,13H2,1H3,(H,21,23)/t18-/m0/s1. The Balaban J connectivity index is 1.65. The zero-order chi connectivity index (χ0) is 16.2. The van der Waals surface area contributed by atoms with Crippen molar-refractivity contribution in [1.29, 1.82) is 0 Å². The van der Waals surface area contributed by atoms with E-state index in [2.05, 4.69) is 5.32 Å². The lowest BCUT2D eigenvalue weighted by Gasteiger charge is -2.24. The smallest absolute Gasteiger partial charge is 0.317 e. The highest BCUT2D eigenvalue weighted by Crippen LogP contribution is 2.41. The van der Waals surface area contributed by atoms with Gasteiger partial charge in [-0.2, -0.15) is 0 Å². The number of carbonyl (C=O) groups excluding carboxylic acids is 1. The molecular formula is C19H21ClN2O. The maximum Gasteiger partial charge on any atom is 0.317 e. The van der Waals surface area contributed by atoms with Crippen LogP contribution in [0.2, 0.25) is 5.02 Å². The van der Waals surface area contributed by atoms with Crippen molar-refractivity contribution >= 4 is 17.6 Å². The van der Waals surface area contributed by atoms with Gasteiger partial charge in [-0.1, -0.05) is 54.1 Å². The summed E-state index contributed by atoms with van der Waals surface area (Å²) in [7, 11) is 1.83. The van der Waals surface area contributed by atoms with Gasteiger partial charge in [0.25, 0.3) is 0 Å². The van der Waals surface area contributed by atoms with E-state index in [-0.39, 0.29) is 12.1 Å². The number of carbonyl (C=O) groups is 1. The molecule has 1 aliphatic rings. The van der Waals surface area contributed by atoms with Crippen molar-refractivity contribution in [2.45, 2.75) is 25.4 Å². The van der Waals surface area contributed by atoms with Gasteiger partial charge in [-0.05, 0) is 42.0 Å². The molecule has 2 amide bonds. The first-order valence-corrected chi connectivity index (χ1v) is 8.32. The van der Waals surface area contributed by atoms with Gasteiger partial charge in [-0.15, -0.1) is 0 Å². The summed E-state index contributed by atoms with van der Waals surface area (Å²) in [5.41, 5.74) is 2.25. The Bertz CT molecular complexity index is 653. The van der Waals surface area contributed by atoms with Gasteiger partial charge in [0.2, 0.25) is 0 Å². The Labute approximate surface area is 142 Å². The molecule has 0 bridgehead atoms. The zero-order valence-electron chi connectivity index (χ0n) is 13.2. The van der Waals surface area contributed by atoms with Gasteiger partial charge < -0.3 is 10.2 Å². The Morgan fingerprint density at radius 1 is 1.17 bits per heavy atom. The van der Waals surface area contributed by atoms with Crippen LogP contribution < -0.4 is 5.32 Å². The van der Waals surface area contributed by atoms with E-state index in [9.17, 15) is 4.79 Å². The molecule has 3 rings (SSSR count). The highest BCUT2D eigenvalue weighted by atomic mass is 35.5. The number of halogens is 1. The molecule has 0 aromatic heterocycles. The third-order valence-corrected chi connectivity index (χ3v) is 4.46. The third kappa shape index (κ3) is 4.26. The number of amides is 2. The lowest BCUT2D eigenvalue weighted by molar-refractivity contribution is 0.201. The topological polar surface area (TPSA) is 32.3 Å². The second kappa shape index (κ2) is 7.05. The molecule has 23 heavy (non-hydrogen) atoms. The molecule has 0 heterocycles. The average Bonchev–Trinajstić information content (AvgIpc) is 3.39. The van der Waals surface area contributed by atoms with E-state index in [1.54, 1.807) is 4.90 Å². The summed E-state index contributed by atoms with van der Waals surface area (Å²) in [6.07, 6.45) is 2.33. The Morgan fingerprint density at radius 3 is 2.43 bits per heavy atom. The van der Waals surface area contributed by atoms with Gasteiger partial charge in [-0.25, -0.2) is 4.79 Å². The summed E-state index contributed by atoms with van der Waals surface area (Å²) in [5.74, 6) is 0.533. The minimum Gasteiger partial charge on any atom is -0.331 e. The van der Waals surface area contributed by atoms with E-state index in [1.807, 2.05) is 61.6 Å². The molecule has 3 nitrogen and oxygen atoms in total. The molecule has 1 atom stereocenters. The molecular weight excluding hydrogens is 308 g/mol. The first-order chi connectivity index (χ1) is 11.1. The summed E-state index contributed by atoms with van der Waals surface area (Å²) < 4.78 is 0. The van der Waals surface area contributed by atoms with Crippen molar-refractivity contribution < 1.29 is 4.79 Å². The summed E-state index contributed by atoms with van der Waals surface area (Å²) in [6, 6.07) is 17.8. The van der Waals surface area contributed by atoms with Crippen LogP contribution in [0.5, 0.6) is 0 Å². The van der Waals surface area contributed by atoms with Crippen molar-refractivity contribution in [2.75, 3.05) is 7.05 Å². The number of hydrogen-bond acceptors (Lipinski definition) is 1. The van der Waals surface area contributed by atoms with Crippen LogP contribution >= 0.6 is 11.6 Å². The molecule has 2 aromatic carbocycles. The molecule has 1 fully saturated rings. The molecule has 0 aliphatic heterocycles. The predicted octanol–water partition coefficient (Wildman–Crippen LogP) is 4.63. The SMILES string of the molecule is CN(Cc1ccccc1)C(=O)N[C@H](c1ccc(Cl)cc1)C1CC1. The highest BCUT2D eigenvalue weighted by molar-refractivity contribution is 6.30. The molecule has 1 aliphatic carbocycles. The molecule has 2 aromatic rings. The predicted molar refractivity (Wildman–Crippen MR) is 93.4 cm³/mol. The quantitative estimate of drug-likeness (QED) is 0.852. The Hall–Kier alpha value is -2.00. The second-order valence-corrected chi connectivity index (χ2v) is 6.59. The largest absolute Gasteiger partial charge is 0.331 e. The summed E-state index contributed by atoms with van der Waals surface area (Å²) in [4.78, 5) is 14.2. The fraction of sp³-hybridized carbons (Fsp3) is 0.316. The van der Waals surface area contributed by atoms with Crippen LogP contribution in [0.3, 0.4) is 0 Å². The van der Waals surface area contributed by atoms with E-state index < -0.39 is 0 Å². The van der Waals surface area contributed by atoms with Gasteiger partial charge >= 0.3 is 6.03 Å². The molecule has 0 radical (unpaired) electrons. The van der Waals surface area contributed by atoms with E-state index in [1.165, 1.54) is 0 Å². The number of nitrogens with one attached hydrogen (secondary N) is 1. The van der Waals surface area contributed by atoms with Gasteiger partial charge in [0, 0.05) is 18.6 Å². The van der Waals surface area contributed by atoms with Crippen LogP contribution in [0.4, 0.5) is 4.79 Å². The number of rotatable bonds is 5. The number of nitrogens with zero attached hydrogens (tertiary/aromatic N) is 1. The molecule has 0 unspecified atom stereocenters. The minimum absolute atomic E-state index is 0.0410. The van der Waals surface area contributed by atoms with Crippen LogP contribution in [0.25, 0.3) is 0 Å². The van der Waals surface area contributed by atoms with Crippen molar-refractivity contribution in [3.63, 3.8) is 0 Å². The van der Waals surface area contributed by atoms with Gasteiger partial charge in [-0.3, -0.25) is 0 Å². The summed E-state index contributed by atoms with van der Waals surface area (Å²) in [5, 5.41) is 3.90. The van der Waals surface area contributed by atoms with Crippen LogP contribution in [0.1, 0.15) is 30.0 Å².